The summed E-state index contributed by atoms with van der Waals surface area (Å²) in [5.74, 6) is -0.122. The van der Waals surface area contributed by atoms with Gasteiger partial charge in [-0.2, -0.15) is 0 Å². The molecule has 7 nitrogen and oxygen atoms in total. The summed E-state index contributed by atoms with van der Waals surface area (Å²) in [6.45, 7) is 1.39. The standard InChI is InChI=1S/C21H24N4O3/c1-24(2)20(27)25-13-21(16-5-3-4-6-17(16)25)11-18(28-14-21)19(26)23-12-15-7-9-22-10-8-15/h3-10,18H,11-14H2,1-2H3,(H,23,26)/t18-,21+/m0/s1. The molecule has 1 aromatic heterocycles. The largest absolute Gasteiger partial charge is 0.367 e. The normalized spacial score (nSPS) is 22.9. The summed E-state index contributed by atoms with van der Waals surface area (Å²) >= 11 is 0. The molecule has 3 amide bonds. The van der Waals surface area contributed by atoms with Crippen molar-refractivity contribution in [2.45, 2.75) is 24.5 Å². The number of para-hydroxylation sites is 1. The van der Waals surface area contributed by atoms with Gasteiger partial charge < -0.3 is 15.0 Å². The van der Waals surface area contributed by atoms with Gasteiger partial charge in [0.05, 0.1) is 6.61 Å². The number of anilines is 1. The minimum atomic E-state index is -0.524. The molecular formula is C21H24N4O3. The van der Waals surface area contributed by atoms with E-state index >= 15 is 0 Å². The molecule has 1 aromatic carbocycles. The van der Waals surface area contributed by atoms with Gasteiger partial charge in [-0.05, 0) is 35.7 Å². The fourth-order valence-electron chi connectivity index (χ4n) is 4.05. The maximum absolute atomic E-state index is 12.7. The monoisotopic (exact) mass is 380 g/mol. The smallest absolute Gasteiger partial charge is 0.323 e. The van der Waals surface area contributed by atoms with E-state index in [-0.39, 0.29) is 17.4 Å². The van der Waals surface area contributed by atoms with Gasteiger partial charge in [0.15, 0.2) is 0 Å². The molecule has 3 heterocycles. The van der Waals surface area contributed by atoms with Crippen LogP contribution in [0.15, 0.2) is 48.8 Å². The van der Waals surface area contributed by atoms with E-state index in [4.69, 9.17) is 4.74 Å². The third-order valence-electron chi connectivity index (χ3n) is 5.49. The second-order valence-corrected chi connectivity index (χ2v) is 7.64. The van der Waals surface area contributed by atoms with E-state index in [2.05, 4.69) is 10.3 Å². The molecule has 4 rings (SSSR count). The van der Waals surface area contributed by atoms with E-state index in [0.29, 0.717) is 26.1 Å². The number of amides is 3. The highest BCUT2D eigenvalue weighted by Gasteiger charge is 2.51. The third kappa shape index (κ3) is 3.22. The van der Waals surface area contributed by atoms with Gasteiger partial charge in [0.25, 0.3) is 0 Å². The number of pyridine rings is 1. The lowest BCUT2D eigenvalue weighted by atomic mass is 9.80. The Balaban J connectivity index is 1.49. The zero-order valence-corrected chi connectivity index (χ0v) is 16.1. The number of carbonyl (C=O) groups excluding carboxylic acids is 2. The van der Waals surface area contributed by atoms with Crippen LogP contribution in [-0.2, 0) is 21.5 Å². The van der Waals surface area contributed by atoms with Crippen molar-refractivity contribution < 1.29 is 14.3 Å². The molecule has 146 valence electrons. The number of aromatic nitrogens is 1. The fraction of sp³-hybridized carbons (Fsp3) is 0.381. The number of nitrogens with one attached hydrogen (secondary N) is 1. The third-order valence-corrected chi connectivity index (χ3v) is 5.49. The first-order chi connectivity index (χ1) is 13.5. The Hall–Kier alpha value is -2.93. The summed E-state index contributed by atoms with van der Waals surface area (Å²) in [5, 5.41) is 2.94. The Bertz CT molecular complexity index is 886. The van der Waals surface area contributed by atoms with Crippen LogP contribution in [0.4, 0.5) is 10.5 Å². The molecule has 7 heteroatoms. The van der Waals surface area contributed by atoms with Gasteiger partial charge in [-0.1, -0.05) is 18.2 Å². The lowest BCUT2D eigenvalue weighted by Crippen LogP contribution is -2.43. The van der Waals surface area contributed by atoms with Gasteiger partial charge in [-0.25, -0.2) is 4.79 Å². The van der Waals surface area contributed by atoms with Crippen LogP contribution in [0.3, 0.4) is 0 Å². The Kier molecular flexibility index (Phi) is 4.77. The number of ether oxygens (including phenoxy) is 1. The van der Waals surface area contributed by atoms with Gasteiger partial charge >= 0.3 is 6.03 Å². The summed E-state index contributed by atoms with van der Waals surface area (Å²) in [6.07, 6.45) is 3.44. The molecule has 0 saturated carbocycles. The number of carbonyl (C=O) groups is 2. The topological polar surface area (TPSA) is 74.8 Å². The number of rotatable bonds is 3. The number of hydrogen-bond acceptors (Lipinski definition) is 4. The number of benzene rings is 1. The minimum Gasteiger partial charge on any atom is -0.367 e. The molecular weight excluding hydrogens is 356 g/mol. The summed E-state index contributed by atoms with van der Waals surface area (Å²) in [5.41, 5.74) is 2.63. The van der Waals surface area contributed by atoms with Crippen LogP contribution in [-0.4, -0.2) is 55.2 Å². The number of hydrogen-bond donors (Lipinski definition) is 1. The van der Waals surface area contributed by atoms with Gasteiger partial charge in [-0.15, -0.1) is 0 Å². The average Bonchev–Trinajstić information content (AvgIpc) is 3.29. The first-order valence-electron chi connectivity index (χ1n) is 9.37. The number of nitrogens with zero attached hydrogens (tertiary/aromatic N) is 3. The zero-order chi connectivity index (χ0) is 19.7. The van der Waals surface area contributed by atoms with E-state index < -0.39 is 6.10 Å². The van der Waals surface area contributed by atoms with E-state index in [1.165, 1.54) is 0 Å². The first-order valence-corrected chi connectivity index (χ1v) is 9.37. The van der Waals surface area contributed by atoms with Crippen molar-refractivity contribution >= 4 is 17.6 Å². The Morgan fingerprint density at radius 1 is 1.25 bits per heavy atom. The van der Waals surface area contributed by atoms with Crippen LogP contribution in [0, 0.1) is 0 Å². The Morgan fingerprint density at radius 2 is 2.00 bits per heavy atom. The molecule has 2 aliphatic rings. The molecule has 1 N–H and O–H groups in total. The second-order valence-electron chi connectivity index (χ2n) is 7.64. The van der Waals surface area contributed by atoms with Crippen molar-refractivity contribution in [3.63, 3.8) is 0 Å². The molecule has 1 fully saturated rings. The number of fused-ring (bicyclic) bond motifs is 2. The highest BCUT2D eigenvalue weighted by atomic mass is 16.5. The molecule has 0 aliphatic carbocycles. The van der Waals surface area contributed by atoms with Crippen molar-refractivity contribution in [3.8, 4) is 0 Å². The highest BCUT2D eigenvalue weighted by molar-refractivity contribution is 5.95. The second kappa shape index (κ2) is 7.24. The first kappa shape index (κ1) is 18.4. The summed E-state index contributed by atoms with van der Waals surface area (Å²) in [4.78, 5) is 32.6. The number of urea groups is 1. The maximum Gasteiger partial charge on any atom is 0.323 e. The Labute approximate surface area is 164 Å². The molecule has 28 heavy (non-hydrogen) atoms. The lowest BCUT2D eigenvalue weighted by molar-refractivity contribution is -0.130. The molecule has 1 saturated heterocycles. The maximum atomic E-state index is 12.7. The van der Waals surface area contributed by atoms with Gasteiger partial charge in [0, 0.05) is 50.7 Å². The summed E-state index contributed by atoms with van der Waals surface area (Å²) < 4.78 is 5.91. The molecule has 1 spiro atoms. The van der Waals surface area contributed by atoms with Crippen LogP contribution < -0.4 is 10.2 Å². The molecule has 2 aromatic rings. The van der Waals surface area contributed by atoms with Gasteiger partial charge in [-0.3, -0.25) is 14.7 Å². The minimum absolute atomic E-state index is 0.0603. The molecule has 0 unspecified atom stereocenters. The van der Waals surface area contributed by atoms with Crippen molar-refractivity contribution in [2.24, 2.45) is 0 Å². The summed E-state index contributed by atoms with van der Waals surface area (Å²) in [6, 6.07) is 11.6. The lowest BCUT2D eigenvalue weighted by Gasteiger charge is -2.25. The SMILES string of the molecule is CN(C)C(=O)N1C[C@]2(CO[C@H](C(=O)NCc3ccncc3)C2)c2ccccc21. The van der Waals surface area contributed by atoms with E-state index in [0.717, 1.165) is 16.8 Å². The molecule has 0 radical (unpaired) electrons. The van der Waals surface area contributed by atoms with Crippen molar-refractivity contribution in [1.29, 1.82) is 0 Å². The van der Waals surface area contributed by atoms with Crippen molar-refractivity contribution in [1.82, 2.24) is 15.2 Å². The van der Waals surface area contributed by atoms with Crippen LogP contribution in [0.2, 0.25) is 0 Å². The Morgan fingerprint density at radius 3 is 2.75 bits per heavy atom. The highest BCUT2D eigenvalue weighted by Crippen LogP contribution is 2.47. The molecule has 2 atom stereocenters. The van der Waals surface area contributed by atoms with E-state index in [1.54, 1.807) is 36.3 Å². The van der Waals surface area contributed by atoms with Gasteiger partial charge in [0.2, 0.25) is 5.91 Å². The zero-order valence-electron chi connectivity index (χ0n) is 16.1. The van der Waals surface area contributed by atoms with Crippen LogP contribution in [0.1, 0.15) is 17.5 Å². The molecule has 2 aliphatic heterocycles. The van der Waals surface area contributed by atoms with Crippen molar-refractivity contribution in [3.05, 3.63) is 59.9 Å². The van der Waals surface area contributed by atoms with E-state index in [9.17, 15) is 9.59 Å². The van der Waals surface area contributed by atoms with Crippen LogP contribution in [0.25, 0.3) is 0 Å². The quantitative estimate of drug-likeness (QED) is 0.883. The average molecular weight is 380 g/mol. The predicted molar refractivity (Wildman–Crippen MR) is 105 cm³/mol. The van der Waals surface area contributed by atoms with Crippen LogP contribution in [0.5, 0.6) is 0 Å². The van der Waals surface area contributed by atoms with Crippen molar-refractivity contribution in [2.75, 3.05) is 32.1 Å². The molecule has 0 bridgehead atoms. The predicted octanol–water partition coefficient (Wildman–Crippen LogP) is 1.93. The van der Waals surface area contributed by atoms with Crippen LogP contribution >= 0.6 is 0 Å². The fourth-order valence-corrected chi connectivity index (χ4v) is 4.05. The summed E-state index contributed by atoms with van der Waals surface area (Å²) in [7, 11) is 3.49. The van der Waals surface area contributed by atoms with Gasteiger partial charge in [0.1, 0.15) is 6.10 Å². The van der Waals surface area contributed by atoms with E-state index in [1.807, 2.05) is 36.4 Å².